The number of ether oxygens (including phenoxy) is 2. The van der Waals surface area contributed by atoms with E-state index in [1.807, 2.05) is 0 Å². The van der Waals surface area contributed by atoms with E-state index in [0.29, 0.717) is 0 Å². The van der Waals surface area contributed by atoms with Gasteiger partial charge in [-0.05, 0) is 0 Å². The number of hydrogen-bond donors (Lipinski definition) is 3. The van der Waals surface area contributed by atoms with Crippen LogP contribution in [0.4, 0.5) is 0 Å². The van der Waals surface area contributed by atoms with Crippen LogP contribution in [0, 0.1) is 0 Å². The van der Waals surface area contributed by atoms with Crippen molar-refractivity contribution in [3.63, 3.8) is 0 Å². The molecule has 1 rings (SSSR count). The first kappa shape index (κ1) is 9.88. The van der Waals surface area contributed by atoms with Gasteiger partial charge in [-0.15, -0.1) is 0 Å². The van der Waals surface area contributed by atoms with Crippen molar-refractivity contribution < 1.29 is 24.8 Å². The van der Waals surface area contributed by atoms with Gasteiger partial charge in [0.1, 0.15) is 6.10 Å². The number of rotatable bonds is 3. The summed E-state index contributed by atoms with van der Waals surface area (Å²) in [7, 11) is 1.41. The Morgan fingerprint density at radius 1 is 1.62 bits per heavy atom. The fraction of sp³-hybridized carbons (Fsp3) is 0.500. The van der Waals surface area contributed by atoms with Gasteiger partial charge < -0.3 is 24.8 Å². The van der Waals surface area contributed by atoms with Gasteiger partial charge in [0.2, 0.25) is 0 Å². The van der Waals surface area contributed by atoms with Crippen molar-refractivity contribution >= 4 is 0 Å². The smallest absolute Gasteiger partial charge is 0.199 e. The summed E-state index contributed by atoms with van der Waals surface area (Å²) in [6, 6.07) is 0. The molecule has 2 atom stereocenters. The first-order valence-electron chi connectivity index (χ1n) is 3.73. The molecule has 0 fully saturated rings. The molecule has 13 heavy (non-hydrogen) atoms. The summed E-state index contributed by atoms with van der Waals surface area (Å²) < 4.78 is 9.56. The van der Waals surface area contributed by atoms with Gasteiger partial charge in [0.05, 0.1) is 6.61 Å². The topological polar surface area (TPSA) is 79.2 Å². The third-order valence-electron chi connectivity index (χ3n) is 1.73. The van der Waals surface area contributed by atoms with Gasteiger partial charge in [0.15, 0.2) is 23.4 Å². The lowest BCUT2D eigenvalue weighted by Crippen LogP contribution is -2.31. The highest BCUT2D eigenvalue weighted by atomic mass is 16.5. The molecule has 1 heterocycles. The number of aliphatic hydroxyl groups is 3. The predicted octanol–water partition coefficient (Wildman–Crippen LogP) is 0.234. The summed E-state index contributed by atoms with van der Waals surface area (Å²) in [6.45, 7) is 3.35. The van der Waals surface area contributed by atoms with Crippen molar-refractivity contribution in [1.82, 2.24) is 0 Å². The molecule has 0 unspecified atom stereocenters. The Kier molecular flexibility index (Phi) is 2.79. The van der Waals surface area contributed by atoms with Crippen molar-refractivity contribution in [1.29, 1.82) is 0 Å². The molecule has 0 aromatic heterocycles. The van der Waals surface area contributed by atoms with Crippen molar-refractivity contribution in [2.45, 2.75) is 12.2 Å². The van der Waals surface area contributed by atoms with E-state index in [2.05, 4.69) is 11.3 Å². The minimum absolute atomic E-state index is 0.00921. The van der Waals surface area contributed by atoms with Crippen LogP contribution in [0.25, 0.3) is 0 Å². The number of aliphatic hydroxyl groups excluding tert-OH is 3. The van der Waals surface area contributed by atoms with Gasteiger partial charge in [-0.25, -0.2) is 0 Å². The molecular formula is C8H12O5. The van der Waals surface area contributed by atoms with E-state index >= 15 is 0 Å². The molecule has 5 nitrogen and oxygen atoms in total. The van der Waals surface area contributed by atoms with Crippen LogP contribution in [0.2, 0.25) is 0 Å². The van der Waals surface area contributed by atoms with Gasteiger partial charge >= 0.3 is 0 Å². The highest BCUT2D eigenvalue weighted by Crippen LogP contribution is 2.27. The average molecular weight is 188 g/mol. The molecule has 3 N–H and O–H groups in total. The monoisotopic (exact) mass is 188 g/mol. The minimum atomic E-state index is -1.02. The Hall–Kier alpha value is -1.20. The van der Waals surface area contributed by atoms with Gasteiger partial charge in [-0.2, -0.15) is 0 Å². The van der Waals surface area contributed by atoms with Gasteiger partial charge in [-0.1, -0.05) is 6.58 Å². The highest BCUT2D eigenvalue weighted by molar-refractivity contribution is 5.28. The third kappa shape index (κ3) is 1.76. The summed E-state index contributed by atoms with van der Waals surface area (Å²) in [5.74, 6) is -0.868. The zero-order valence-corrected chi connectivity index (χ0v) is 7.23. The molecule has 1 aliphatic rings. The second kappa shape index (κ2) is 3.68. The molecule has 0 bridgehead atoms. The Labute approximate surface area is 75.5 Å². The molecule has 0 radical (unpaired) electrons. The summed E-state index contributed by atoms with van der Waals surface area (Å²) in [4.78, 5) is 0. The van der Waals surface area contributed by atoms with E-state index in [1.54, 1.807) is 0 Å². The van der Waals surface area contributed by atoms with Gasteiger partial charge in [-0.3, -0.25) is 0 Å². The molecule has 0 aliphatic carbocycles. The predicted molar refractivity (Wildman–Crippen MR) is 44.2 cm³/mol. The zero-order valence-electron chi connectivity index (χ0n) is 7.23. The first-order chi connectivity index (χ1) is 6.07. The third-order valence-corrected chi connectivity index (χ3v) is 1.73. The molecular weight excluding hydrogens is 176 g/mol. The standard InChI is InChI=1S/C8H12O5/c1-4-6(10)7(11)8(13-4)5(9)3-12-2/h5,8-11H,1,3H2,2H3/t5-,8-/m1/s1. The lowest BCUT2D eigenvalue weighted by molar-refractivity contribution is -0.0274. The summed E-state index contributed by atoms with van der Waals surface area (Å²) in [5, 5.41) is 27.7. The van der Waals surface area contributed by atoms with E-state index in [0.717, 1.165) is 0 Å². The van der Waals surface area contributed by atoms with E-state index in [-0.39, 0.29) is 12.4 Å². The van der Waals surface area contributed by atoms with Crippen LogP contribution in [0.15, 0.2) is 23.9 Å². The molecule has 1 aliphatic heterocycles. The summed E-state index contributed by atoms with van der Waals surface area (Å²) >= 11 is 0. The average Bonchev–Trinajstić information content (AvgIpc) is 2.33. The van der Waals surface area contributed by atoms with E-state index < -0.39 is 23.7 Å². The van der Waals surface area contributed by atoms with Gasteiger partial charge in [0, 0.05) is 7.11 Å². The maximum atomic E-state index is 9.36. The number of methoxy groups -OCH3 is 1. The van der Waals surface area contributed by atoms with Crippen LogP contribution in [0.1, 0.15) is 0 Å². The Morgan fingerprint density at radius 2 is 2.23 bits per heavy atom. The molecule has 0 aromatic carbocycles. The largest absolute Gasteiger partial charge is 0.505 e. The SMILES string of the molecule is C=C1O[C@H]([C@H](O)COC)C(O)=C1O. The molecule has 0 saturated carbocycles. The maximum Gasteiger partial charge on any atom is 0.199 e. The lowest BCUT2D eigenvalue weighted by atomic mass is 10.2. The normalized spacial score (nSPS) is 24.8. The van der Waals surface area contributed by atoms with Crippen LogP contribution in [-0.4, -0.2) is 41.2 Å². The molecule has 5 heteroatoms. The molecule has 0 amide bonds. The zero-order chi connectivity index (χ0) is 10.0. The quantitative estimate of drug-likeness (QED) is 0.591. The first-order valence-corrected chi connectivity index (χ1v) is 3.73. The molecule has 0 aromatic rings. The van der Waals surface area contributed by atoms with E-state index in [4.69, 9.17) is 9.84 Å². The van der Waals surface area contributed by atoms with Crippen molar-refractivity contribution in [2.24, 2.45) is 0 Å². The van der Waals surface area contributed by atoms with Crippen LogP contribution in [-0.2, 0) is 9.47 Å². The van der Waals surface area contributed by atoms with Crippen LogP contribution >= 0.6 is 0 Å². The Balaban J connectivity index is 2.70. The molecule has 0 spiro atoms. The van der Waals surface area contributed by atoms with Crippen LogP contribution in [0.3, 0.4) is 0 Å². The molecule has 0 saturated heterocycles. The van der Waals surface area contributed by atoms with Crippen molar-refractivity contribution in [3.8, 4) is 0 Å². The van der Waals surface area contributed by atoms with Crippen LogP contribution in [0.5, 0.6) is 0 Å². The van der Waals surface area contributed by atoms with Crippen molar-refractivity contribution in [3.05, 3.63) is 23.9 Å². The second-order valence-corrected chi connectivity index (χ2v) is 2.72. The van der Waals surface area contributed by atoms with Crippen LogP contribution < -0.4 is 0 Å². The number of hydrogen-bond acceptors (Lipinski definition) is 5. The van der Waals surface area contributed by atoms with E-state index in [9.17, 15) is 10.2 Å². The van der Waals surface area contributed by atoms with E-state index in [1.165, 1.54) is 7.11 Å². The minimum Gasteiger partial charge on any atom is -0.505 e. The van der Waals surface area contributed by atoms with Crippen molar-refractivity contribution in [2.75, 3.05) is 13.7 Å². The second-order valence-electron chi connectivity index (χ2n) is 2.72. The van der Waals surface area contributed by atoms with Gasteiger partial charge in [0.25, 0.3) is 0 Å². The highest BCUT2D eigenvalue weighted by Gasteiger charge is 2.35. The Bertz CT molecular complexity index is 245. The lowest BCUT2D eigenvalue weighted by Gasteiger charge is -2.16. The summed E-state index contributed by atoms with van der Waals surface area (Å²) in [6.07, 6.45) is -2.00. The fourth-order valence-electron chi connectivity index (χ4n) is 1.06. The maximum absolute atomic E-state index is 9.36. The molecule has 74 valence electrons. The fourth-order valence-corrected chi connectivity index (χ4v) is 1.06. The Morgan fingerprint density at radius 3 is 2.62 bits per heavy atom. The summed E-state index contributed by atoms with van der Waals surface area (Å²) in [5.41, 5.74) is 0.